The molecular formula is C26H26N2O5S. The van der Waals surface area contributed by atoms with E-state index in [1.54, 1.807) is 18.3 Å². The first-order chi connectivity index (χ1) is 16.4. The molecule has 0 bridgehead atoms. The highest BCUT2D eigenvalue weighted by Crippen LogP contribution is 2.28. The van der Waals surface area contributed by atoms with E-state index < -0.39 is 22.3 Å². The molecule has 1 aliphatic carbocycles. The second-order valence-corrected chi connectivity index (χ2v) is 9.72. The number of hydrogen-bond donors (Lipinski definition) is 1. The zero-order chi connectivity index (χ0) is 24.0. The molecule has 0 spiro atoms. The van der Waals surface area contributed by atoms with Gasteiger partial charge in [0.25, 0.3) is 10.1 Å². The molecule has 1 atom stereocenters. The molecule has 2 aromatic carbocycles. The molecule has 0 aromatic heterocycles. The highest BCUT2D eigenvalue weighted by molar-refractivity contribution is 7.86. The van der Waals surface area contributed by atoms with Gasteiger partial charge in [-0.1, -0.05) is 66.3 Å². The molecule has 8 heteroatoms. The summed E-state index contributed by atoms with van der Waals surface area (Å²) < 4.78 is 36.0. The van der Waals surface area contributed by atoms with Crippen molar-refractivity contribution in [2.45, 2.75) is 37.3 Å². The van der Waals surface area contributed by atoms with E-state index >= 15 is 0 Å². The minimum atomic E-state index is -3.99. The minimum absolute atomic E-state index is 0.0642. The standard InChI is InChI=1S/C26H26N2O5S/c1-19-11-13-23(14-12-19)34(30,31)33-18-22(15-21-16-27-25-10-6-5-9-24(21)25)28-26(29)32-17-20-7-3-2-4-8-20/h2-9,11-14,16,22H,10,15,17-18H2,1H3,(H,28,29)/t22-/m0/s1. The largest absolute Gasteiger partial charge is 0.445 e. The van der Waals surface area contributed by atoms with Crippen molar-refractivity contribution in [2.75, 3.05) is 6.61 Å². The lowest BCUT2D eigenvalue weighted by molar-refractivity contribution is 0.131. The van der Waals surface area contributed by atoms with Gasteiger partial charge in [-0.05, 0) is 36.6 Å². The maximum Gasteiger partial charge on any atom is 0.407 e. The molecular weight excluding hydrogens is 452 g/mol. The van der Waals surface area contributed by atoms with E-state index in [0.29, 0.717) is 6.42 Å². The summed E-state index contributed by atoms with van der Waals surface area (Å²) >= 11 is 0. The number of ether oxygens (including phenoxy) is 1. The number of aryl methyl sites for hydroxylation is 1. The fourth-order valence-corrected chi connectivity index (χ4v) is 4.59. The number of aliphatic imine (C=N–C) groups is 1. The fraction of sp³-hybridized carbons (Fsp3) is 0.231. The third kappa shape index (κ3) is 6.09. The highest BCUT2D eigenvalue weighted by atomic mass is 32.2. The van der Waals surface area contributed by atoms with E-state index in [-0.39, 0.29) is 18.1 Å². The van der Waals surface area contributed by atoms with E-state index in [1.807, 2.05) is 55.5 Å². The Kier molecular flexibility index (Phi) is 7.40. The quantitative estimate of drug-likeness (QED) is 0.531. The number of fused-ring (bicyclic) bond motifs is 1. The van der Waals surface area contributed by atoms with Gasteiger partial charge in [-0.15, -0.1) is 0 Å². The van der Waals surface area contributed by atoms with Crippen LogP contribution in [0.25, 0.3) is 0 Å². The number of rotatable bonds is 9. The van der Waals surface area contributed by atoms with Gasteiger partial charge in [0.1, 0.15) is 6.61 Å². The molecule has 1 heterocycles. The van der Waals surface area contributed by atoms with Gasteiger partial charge < -0.3 is 10.1 Å². The number of alkyl carbamates (subject to hydrolysis) is 1. The smallest absolute Gasteiger partial charge is 0.407 e. The van der Waals surface area contributed by atoms with Crippen molar-refractivity contribution < 1.29 is 22.1 Å². The first-order valence-electron chi connectivity index (χ1n) is 11.0. The van der Waals surface area contributed by atoms with Gasteiger partial charge in [0.2, 0.25) is 0 Å². The maximum atomic E-state index is 12.7. The van der Waals surface area contributed by atoms with Crippen LogP contribution in [0, 0.1) is 6.92 Å². The molecule has 1 aliphatic heterocycles. The lowest BCUT2D eigenvalue weighted by Gasteiger charge is -2.20. The van der Waals surface area contributed by atoms with E-state index in [4.69, 9.17) is 8.92 Å². The molecule has 0 saturated heterocycles. The summed E-state index contributed by atoms with van der Waals surface area (Å²) in [6, 6.07) is 15.1. The molecule has 2 aromatic rings. The highest BCUT2D eigenvalue weighted by Gasteiger charge is 2.25. The van der Waals surface area contributed by atoms with Crippen LogP contribution in [-0.2, 0) is 25.6 Å². The third-order valence-electron chi connectivity index (χ3n) is 5.48. The van der Waals surface area contributed by atoms with Crippen LogP contribution in [0.3, 0.4) is 0 Å². The molecule has 0 fully saturated rings. The Hall–Kier alpha value is -3.49. The molecule has 0 unspecified atom stereocenters. The van der Waals surface area contributed by atoms with Crippen LogP contribution in [0.5, 0.6) is 0 Å². The van der Waals surface area contributed by atoms with Crippen LogP contribution in [0.4, 0.5) is 4.79 Å². The molecule has 176 valence electrons. The van der Waals surface area contributed by atoms with Crippen molar-refractivity contribution in [3.05, 3.63) is 101 Å². The number of nitrogens with zero attached hydrogens (tertiary/aromatic N) is 1. The van der Waals surface area contributed by atoms with Crippen molar-refractivity contribution in [2.24, 2.45) is 4.99 Å². The average Bonchev–Trinajstić information content (AvgIpc) is 3.25. The maximum absolute atomic E-state index is 12.7. The Bertz CT molecular complexity index is 1260. The second-order valence-electron chi connectivity index (χ2n) is 8.10. The van der Waals surface area contributed by atoms with Gasteiger partial charge in [-0.25, -0.2) is 4.79 Å². The Labute approximate surface area is 199 Å². The number of nitrogens with one attached hydrogen (secondary N) is 1. The first-order valence-corrected chi connectivity index (χ1v) is 12.4. The summed E-state index contributed by atoms with van der Waals surface area (Å²) in [5.74, 6) is 0. The summed E-state index contributed by atoms with van der Waals surface area (Å²) in [7, 11) is -3.99. The fourth-order valence-electron chi connectivity index (χ4n) is 3.65. The Balaban J connectivity index is 1.43. The number of carbonyl (C=O) groups excluding carboxylic acids is 1. The minimum Gasteiger partial charge on any atom is -0.445 e. The molecule has 34 heavy (non-hydrogen) atoms. The van der Waals surface area contributed by atoms with Crippen molar-refractivity contribution in [1.82, 2.24) is 5.32 Å². The monoisotopic (exact) mass is 478 g/mol. The van der Waals surface area contributed by atoms with Gasteiger partial charge >= 0.3 is 6.09 Å². The van der Waals surface area contributed by atoms with Gasteiger partial charge in [0, 0.05) is 18.2 Å². The van der Waals surface area contributed by atoms with Gasteiger partial charge in [-0.3, -0.25) is 9.18 Å². The van der Waals surface area contributed by atoms with Gasteiger partial charge in [0.15, 0.2) is 0 Å². The molecule has 0 radical (unpaired) electrons. The predicted octanol–water partition coefficient (Wildman–Crippen LogP) is 4.61. The van der Waals surface area contributed by atoms with E-state index in [1.165, 1.54) is 12.1 Å². The predicted molar refractivity (Wildman–Crippen MR) is 130 cm³/mol. The summed E-state index contributed by atoms with van der Waals surface area (Å²) in [4.78, 5) is 17.0. The van der Waals surface area contributed by atoms with Crippen LogP contribution in [-0.4, -0.2) is 32.9 Å². The zero-order valence-corrected chi connectivity index (χ0v) is 19.6. The zero-order valence-electron chi connectivity index (χ0n) is 18.8. The van der Waals surface area contributed by atoms with Crippen LogP contribution in [0.15, 0.2) is 100 Å². The first kappa shape index (κ1) is 23.7. The Morgan fingerprint density at radius 2 is 1.88 bits per heavy atom. The second kappa shape index (κ2) is 10.6. The number of benzene rings is 2. The number of hydrogen-bond acceptors (Lipinski definition) is 6. The van der Waals surface area contributed by atoms with Crippen molar-refractivity contribution >= 4 is 21.9 Å². The number of amides is 1. The topological polar surface area (TPSA) is 94.1 Å². The summed E-state index contributed by atoms with van der Waals surface area (Å²) in [5, 5.41) is 2.76. The summed E-state index contributed by atoms with van der Waals surface area (Å²) in [6.45, 7) is 1.74. The lowest BCUT2D eigenvalue weighted by Crippen LogP contribution is -2.39. The van der Waals surface area contributed by atoms with E-state index in [2.05, 4.69) is 10.3 Å². The third-order valence-corrected chi connectivity index (χ3v) is 6.77. The lowest BCUT2D eigenvalue weighted by atomic mass is 9.94. The van der Waals surface area contributed by atoms with Crippen LogP contribution in [0.2, 0.25) is 0 Å². The van der Waals surface area contributed by atoms with Crippen LogP contribution in [0.1, 0.15) is 24.0 Å². The van der Waals surface area contributed by atoms with Crippen molar-refractivity contribution in [3.63, 3.8) is 0 Å². The van der Waals surface area contributed by atoms with Gasteiger partial charge in [-0.2, -0.15) is 8.42 Å². The normalized spacial score (nSPS) is 15.6. The van der Waals surface area contributed by atoms with E-state index in [0.717, 1.165) is 34.4 Å². The summed E-state index contributed by atoms with van der Waals surface area (Å²) in [5.41, 5.74) is 4.65. The number of allylic oxidation sites excluding steroid dienone is 4. The van der Waals surface area contributed by atoms with Crippen LogP contribution >= 0.6 is 0 Å². The number of carbonyl (C=O) groups is 1. The molecule has 1 N–H and O–H groups in total. The van der Waals surface area contributed by atoms with E-state index in [9.17, 15) is 13.2 Å². The average molecular weight is 479 g/mol. The molecule has 1 amide bonds. The van der Waals surface area contributed by atoms with Crippen LogP contribution < -0.4 is 5.32 Å². The molecule has 2 aliphatic rings. The van der Waals surface area contributed by atoms with Crippen molar-refractivity contribution in [1.29, 1.82) is 0 Å². The molecule has 4 rings (SSSR count). The SMILES string of the molecule is Cc1ccc(S(=O)(=O)OC[C@H](CC2=CN=C3CC=CC=C23)NC(=O)OCc2ccccc2)cc1. The Morgan fingerprint density at radius 3 is 2.65 bits per heavy atom. The summed E-state index contributed by atoms with van der Waals surface area (Å²) in [6.07, 6.45) is 8.14. The molecule has 7 nitrogen and oxygen atoms in total. The van der Waals surface area contributed by atoms with Crippen molar-refractivity contribution in [3.8, 4) is 0 Å². The Morgan fingerprint density at radius 1 is 1.12 bits per heavy atom. The molecule has 0 saturated carbocycles. The van der Waals surface area contributed by atoms with Gasteiger partial charge in [0.05, 0.1) is 23.3 Å².